The third kappa shape index (κ3) is 3.21. The quantitative estimate of drug-likeness (QED) is 0.852. The topological polar surface area (TPSA) is 78.3 Å². The Bertz CT molecular complexity index is 368. The van der Waals surface area contributed by atoms with E-state index in [2.05, 4.69) is 15.9 Å². The van der Waals surface area contributed by atoms with E-state index in [0.717, 1.165) is 15.8 Å². The highest BCUT2D eigenvalue weighted by Crippen LogP contribution is 2.25. The second kappa shape index (κ2) is 5.14. The molecule has 1 aromatic rings. The maximum absolute atomic E-state index is 10.8. The summed E-state index contributed by atoms with van der Waals surface area (Å²) in [5.41, 5.74) is 11.6. The summed E-state index contributed by atoms with van der Waals surface area (Å²) in [4.78, 5) is 10.8. The van der Waals surface area contributed by atoms with Crippen LogP contribution >= 0.6 is 15.9 Å². The molecule has 1 unspecified atom stereocenters. The smallest absolute Gasteiger partial charge is 0.234 e. The van der Waals surface area contributed by atoms with Gasteiger partial charge in [-0.2, -0.15) is 0 Å². The van der Waals surface area contributed by atoms with Crippen LogP contribution in [0.4, 0.5) is 0 Å². The van der Waals surface area contributed by atoms with Gasteiger partial charge >= 0.3 is 0 Å². The molecule has 4 N–H and O–H groups in total. The van der Waals surface area contributed by atoms with Crippen LogP contribution in [0.5, 0.6) is 5.75 Å². The van der Waals surface area contributed by atoms with Crippen molar-refractivity contribution in [1.29, 1.82) is 0 Å². The van der Waals surface area contributed by atoms with Gasteiger partial charge in [-0.05, 0) is 40.0 Å². The van der Waals surface area contributed by atoms with Gasteiger partial charge in [0.15, 0.2) is 0 Å². The van der Waals surface area contributed by atoms with Crippen molar-refractivity contribution in [3.8, 4) is 5.75 Å². The summed E-state index contributed by atoms with van der Waals surface area (Å²) < 4.78 is 5.92. The fourth-order valence-corrected chi connectivity index (χ4v) is 1.78. The number of halogens is 1. The molecule has 5 heteroatoms. The first-order valence-corrected chi connectivity index (χ1v) is 5.21. The minimum Gasteiger partial charge on any atom is -0.496 e. The lowest BCUT2D eigenvalue weighted by atomic mass is 10.1. The molecule has 1 aromatic carbocycles. The third-order valence-electron chi connectivity index (χ3n) is 2.04. The highest BCUT2D eigenvalue weighted by Gasteiger charge is 2.11. The van der Waals surface area contributed by atoms with Gasteiger partial charge in [0.2, 0.25) is 5.91 Å². The predicted octanol–water partition coefficient (Wildman–Crippen LogP) is 0.813. The van der Waals surface area contributed by atoms with Crippen molar-refractivity contribution in [3.63, 3.8) is 0 Å². The van der Waals surface area contributed by atoms with E-state index in [1.54, 1.807) is 7.11 Å². The van der Waals surface area contributed by atoms with Gasteiger partial charge < -0.3 is 16.2 Å². The Morgan fingerprint density at radius 1 is 1.60 bits per heavy atom. The maximum atomic E-state index is 10.8. The van der Waals surface area contributed by atoms with Crippen LogP contribution in [0.15, 0.2) is 22.7 Å². The van der Waals surface area contributed by atoms with Crippen LogP contribution in [-0.2, 0) is 11.2 Å². The van der Waals surface area contributed by atoms with E-state index in [1.807, 2.05) is 18.2 Å². The molecule has 0 radical (unpaired) electrons. The van der Waals surface area contributed by atoms with E-state index in [-0.39, 0.29) is 0 Å². The number of nitrogens with two attached hydrogens (primary N) is 2. The Morgan fingerprint density at radius 3 is 2.73 bits per heavy atom. The summed E-state index contributed by atoms with van der Waals surface area (Å²) in [7, 11) is 1.59. The number of methoxy groups -OCH3 is 1. The number of rotatable bonds is 4. The Kier molecular flexibility index (Phi) is 4.11. The lowest BCUT2D eigenvalue weighted by Gasteiger charge is -2.09. The second-order valence-corrected chi connectivity index (χ2v) is 4.04. The normalized spacial score (nSPS) is 12.2. The van der Waals surface area contributed by atoms with Gasteiger partial charge in [-0.1, -0.05) is 6.07 Å². The predicted molar refractivity (Wildman–Crippen MR) is 61.6 cm³/mol. The minimum absolute atomic E-state index is 0.428. The SMILES string of the molecule is COc1ccc(CC(N)C(N)=O)cc1Br. The van der Waals surface area contributed by atoms with Crippen LogP contribution in [0, 0.1) is 0 Å². The molecule has 0 fully saturated rings. The molecule has 1 atom stereocenters. The van der Waals surface area contributed by atoms with Crippen LogP contribution in [0.1, 0.15) is 5.56 Å². The van der Waals surface area contributed by atoms with Crippen molar-refractivity contribution >= 4 is 21.8 Å². The molecule has 82 valence electrons. The van der Waals surface area contributed by atoms with Gasteiger partial charge in [-0.25, -0.2) is 0 Å². The Morgan fingerprint density at radius 2 is 2.27 bits per heavy atom. The standard InChI is InChI=1S/C10H13BrN2O2/c1-15-9-3-2-6(4-7(9)11)5-8(12)10(13)14/h2-4,8H,5,12H2,1H3,(H2,13,14). The van der Waals surface area contributed by atoms with Gasteiger partial charge in [0.05, 0.1) is 17.6 Å². The summed E-state index contributed by atoms with van der Waals surface area (Å²) in [6.45, 7) is 0. The fraction of sp³-hybridized carbons (Fsp3) is 0.300. The molecular weight excluding hydrogens is 260 g/mol. The fourth-order valence-electron chi connectivity index (χ4n) is 1.19. The lowest BCUT2D eigenvalue weighted by molar-refractivity contribution is -0.119. The molecule has 0 aliphatic heterocycles. The molecule has 0 spiro atoms. The zero-order valence-electron chi connectivity index (χ0n) is 8.37. The molecule has 0 saturated carbocycles. The Balaban J connectivity index is 2.79. The Hall–Kier alpha value is -1.07. The molecule has 0 aromatic heterocycles. The summed E-state index contributed by atoms with van der Waals surface area (Å²) in [6.07, 6.45) is 0.428. The van der Waals surface area contributed by atoms with E-state index in [4.69, 9.17) is 16.2 Å². The average Bonchev–Trinajstić information content (AvgIpc) is 2.18. The number of carbonyl (C=O) groups is 1. The monoisotopic (exact) mass is 272 g/mol. The van der Waals surface area contributed by atoms with Gasteiger partial charge in [-0.15, -0.1) is 0 Å². The minimum atomic E-state index is -0.648. The van der Waals surface area contributed by atoms with Crippen LogP contribution < -0.4 is 16.2 Å². The number of amides is 1. The molecule has 0 aliphatic carbocycles. The molecule has 1 amide bonds. The van der Waals surface area contributed by atoms with E-state index >= 15 is 0 Å². The molecule has 0 heterocycles. The summed E-state index contributed by atoms with van der Waals surface area (Å²) in [5.74, 6) is 0.244. The highest BCUT2D eigenvalue weighted by atomic mass is 79.9. The van der Waals surface area contributed by atoms with Gasteiger partial charge in [0.1, 0.15) is 5.75 Å². The maximum Gasteiger partial charge on any atom is 0.234 e. The molecule has 4 nitrogen and oxygen atoms in total. The number of hydrogen-bond acceptors (Lipinski definition) is 3. The first kappa shape index (κ1) is 12.0. The summed E-state index contributed by atoms with van der Waals surface area (Å²) >= 11 is 3.35. The molecule has 15 heavy (non-hydrogen) atoms. The second-order valence-electron chi connectivity index (χ2n) is 3.18. The average molecular weight is 273 g/mol. The third-order valence-corrected chi connectivity index (χ3v) is 2.66. The van der Waals surface area contributed by atoms with Crippen molar-refractivity contribution in [2.45, 2.75) is 12.5 Å². The van der Waals surface area contributed by atoms with Gasteiger partial charge in [-0.3, -0.25) is 4.79 Å². The van der Waals surface area contributed by atoms with Crippen molar-refractivity contribution in [3.05, 3.63) is 28.2 Å². The van der Waals surface area contributed by atoms with E-state index in [1.165, 1.54) is 0 Å². The van der Waals surface area contributed by atoms with Crippen molar-refractivity contribution in [2.75, 3.05) is 7.11 Å². The molecule has 1 rings (SSSR count). The first-order chi connectivity index (χ1) is 7.04. The van der Waals surface area contributed by atoms with Gasteiger partial charge in [0.25, 0.3) is 0 Å². The molecular formula is C10H13BrN2O2. The van der Waals surface area contributed by atoms with Crippen molar-refractivity contribution in [2.24, 2.45) is 11.5 Å². The van der Waals surface area contributed by atoms with Crippen LogP contribution in [0.2, 0.25) is 0 Å². The van der Waals surface area contributed by atoms with E-state index in [0.29, 0.717) is 6.42 Å². The van der Waals surface area contributed by atoms with Crippen molar-refractivity contribution < 1.29 is 9.53 Å². The van der Waals surface area contributed by atoms with E-state index < -0.39 is 11.9 Å². The highest BCUT2D eigenvalue weighted by molar-refractivity contribution is 9.10. The molecule has 0 bridgehead atoms. The summed E-state index contributed by atoms with van der Waals surface area (Å²) in [5, 5.41) is 0. The van der Waals surface area contributed by atoms with Crippen molar-refractivity contribution in [1.82, 2.24) is 0 Å². The number of primary amides is 1. The Labute approximate surface area is 96.7 Å². The van der Waals surface area contributed by atoms with Crippen LogP contribution in [0.25, 0.3) is 0 Å². The van der Waals surface area contributed by atoms with Crippen LogP contribution in [0.3, 0.4) is 0 Å². The van der Waals surface area contributed by atoms with Crippen LogP contribution in [-0.4, -0.2) is 19.1 Å². The zero-order valence-corrected chi connectivity index (χ0v) is 9.95. The zero-order chi connectivity index (χ0) is 11.4. The first-order valence-electron chi connectivity index (χ1n) is 4.42. The van der Waals surface area contributed by atoms with E-state index in [9.17, 15) is 4.79 Å². The molecule has 0 saturated heterocycles. The number of ether oxygens (including phenoxy) is 1. The largest absolute Gasteiger partial charge is 0.496 e. The van der Waals surface area contributed by atoms with Gasteiger partial charge in [0, 0.05) is 0 Å². The number of hydrogen-bond donors (Lipinski definition) is 2. The number of carbonyl (C=O) groups excluding carboxylic acids is 1. The lowest BCUT2D eigenvalue weighted by Crippen LogP contribution is -2.38. The summed E-state index contributed by atoms with van der Waals surface area (Å²) in [6, 6.07) is 4.88. The number of benzene rings is 1. The molecule has 0 aliphatic rings.